The summed E-state index contributed by atoms with van der Waals surface area (Å²) >= 11 is 0. The predicted octanol–water partition coefficient (Wildman–Crippen LogP) is 1.77. The molecule has 1 aromatic rings. The molecule has 86 valence electrons. The molecule has 0 aromatic heterocycles. The summed E-state index contributed by atoms with van der Waals surface area (Å²) in [5.74, 6) is 0.515. The van der Waals surface area contributed by atoms with Crippen LogP contribution >= 0.6 is 0 Å². The molecule has 1 rings (SSSR count). The van der Waals surface area contributed by atoms with Gasteiger partial charge in [0.15, 0.2) is 9.84 Å². The van der Waals surface area contributed by atoms with E-state index < -0.39 is 9.84 Å². The van der Waals surface area contributed by atoms with Gasteiger partial charge in [-0.2, -0.15) is 5.26 Å². The van der Waals surface area contributed by atoms with Gasteiger partial charge in [0.05, 0.1) is 17.6 Å². The summed E-state index contributed by atoms with van der Waals surface area (Å²) in [5, 5.41) is 8.33. The number of benzene rings is 1. The zero-order chi connectivity index (χ0) is 12.0. The Morgan fingerprint density at radius 3 is 2.81 bits per heavy atom. The molecule has 0 aliphatic rings. The molecular weight excluding hydrogens is 226 g/mol. The maximum Gasteiger partial charge on any atom is 0.175 e. The summed E-state index contributed by atoms with van der Waals surface area (Å²) in [6, 6.07) is 8.36. The molecule has 5 heteroatoms. The quantitative estimate of drug-likeness (QED) is 0.734. The van der Waals surface area contributed by atoms with Gasteiger partial charge in [0.1, 0.15) is 5.75 Å². The van der Waals surface area contributed by atoms with Crippen molar-refractivity contribution in [3.63, 3.8) is 0 Å². The van der Waals surface area contributed by atoms with E-state index in [0.29, 0.717) is 25.2 Å². The molecule has 0 aliphatic heterocycles. The Morgan fingerprint density at radius 1 is 1.44 bits per heavy atom. The largest absolute Gasteiger partial charge is 0.494 e. The summed E-state index contributed by atoms with van der Waals surface area (Å²) < 4.78 is 27.9. The third kappa shape index (κ3) is 3.91. The van der Waals surface area contributed by atoms with E-state index in [4.69, 9.17) is 10.00 Å². The molecular formula is C11H13NO3S. The van der Waals surface area contributed by atoms with E-state index in [1.165, 1.54) is 12.1 Å². The number of hydrogen-bond donors (Lipinski definition) is 0. The molecule has 0 heterocycles. The minimum atomic E-state index is -3.19. The van der Waals surface area contributed by atoms with Crippen LogP contribution in [0, 0.1) is 11.3 Å². The van der Waals surface area contributed by atoms with Crippen molar-refractivity contribution in [1.29, 1.82) is 5.26 Å². The molecule has 0 aliphatic carbocycles. The first kappa shape index (κ1) is 12.5. The molecule has 1 aromatic carbocycles. The normalized spacial score (nSPS) is 10.8. The number of sulfone groups is 1. The van der Waals surface area contributed by atoms with Gasteiger partial charge in [0, 0.05) is 12.7 Å². The zero-order valence-electron chi connectivity index (χ0n) is 9.01. The number of nitriles is 1. The molecule has 16 heavy (non-hydrogen) atoms. The Morgan fingerprint density at radius 2 is 2.19 bits per heavy atom. The van der Waals surface area contributed by atoms with E-state index in [1.54, 1.807) is 12.1 Å². The summed E-state index contributed by atoms with van der Waals surface area (Å²) in [5.41, 5.74) is 0. The lowest BCUT2D eigenvalue weighted by molar-refractivity contribution is 0.312. The zero-order valence-corrected chi connectivity index (χ0v) is 9.83. The molecule has 0 atom stereocenters. The van der Waals surface area contributed by atoms with Crippen LogP contribution in [0.1, 0.15) is 12.8 Å². The minimum Gasteiger partial charge on any atom is -0.494 e. The molecule has 0 saturated carbocycles. The molecule has 0 spiro atoms. The summed E-state index contributed by atoms with van der Waals surface area (Å²) in [6.07, 6.45) is 2.23. The topological polar surface area (TPSA) is 67.2 Å². The second-order valence-corrected chi connectivity index (χ2v) is 5.37. The van der Waals surface area contributed by atoms with E-state index in [0.717, 1.165) is 6.26 Å². The number of nitrogens with zero attached hydrogens (tertiary/aromatic N) is 1. The highest BCUT2D eigenvalue weighted by Crippen LogP contribution is 2.17. The van der Waals surface area contributed by atoms with E-state index in [-0.39, 0.29) is 4.90 Å². The van der Waals surface area contributed by atoms with Crippen LogP contribution in [0.4, 0.5) is 0 Å². The van der Waals surface area contributed by atoms with Crippen LogP contribution in [0.25, 0.3) is 0 Å². The van der Waals surface area contributed by atoms with Gasteiger partial charge in [-0.3, -0.25) is 0 Å². The van der Waals surface area contributed by atoms with E-state index >= 15 is 0 Å². The highest BCUT2D eigenvalue weighted by molar-refractivity contribution is 7.90. The average Bonchev–Trinajstić information content (AvgIpc) is 2.24. The molecule has 0 bridgehead atoms. The minimum absolute atomic E-state index is 0.241. The van der Waals surface area contributed by atoms with Crippen molar-refractivity contribution in [2.45, 2.75) is 17.7 Å². The average molecular weight is 239 g/mol. The van der Waals surface area contributed by atoms with Gasteiger partial charge in [-0.15, -0.1) is 0 Å². The fourth-order valence-corrected chi connectivity index (χ4v) is 1.79. The number of rotatable bonds is 5. The molecule has 4 nitrogen and oxygen atoms in total. The third-order valence-electron chi connectivity index (χ3n) is 1.94. The second-order valence-electron chi connectivity index (χ2n) is 3.36. The van der Waals surface area contributed by atoms with Crippen molar-refractivity contribution >= 4 is 9.84 Å². The van der Waals surface area contributed by atoms with Crippen molar-refractivity contribution < 1.29 is 13.2 Å². The highest BCUT2D eigenvalue weighted by atomic mass is 32.2. The summed E-state index contributed by atoms with van der Waals surface area (Å²) in [6.45, 7) is 0.417. The molecule has 0 fully saturated rings. The Bertz CT molecular complexity index is 488. The predicted molar refractivity (Wildman–Crippen MR) is 59.9 cm³/mol. The number of ether oxygens (including phenoxy) is 1. The molecule has 0 radical (unpaired) electrons. The fraction of sp³-hybridized carbons (Fsp3) is 0.364. The lowest BCUT2D eigenvalue weighted by Gasteiger charge is -2.05. The second kappa shape index (κ2) is 5.52. The van der Waals surface area contributed by atoms with Crippen molar-refractivity contribution in [1.82, 2.24) is 0 Å². The Kier molecular flexibility index (Phi) is 4.32. The standard InChI is InChI=1S/C11H13NO3S/c1-16(13,14)11-6-4-5-10(9-11)15-8-3-2-7-12/h4-6,9H,2-3,8H2,1H3. The van der Waals surface area contributed by atoms with Crippen LogP contribution < -0.4 is 4.74 Å². The van der Waals surface area contributed by atoms with Crippen LogP contribution in [-0.2, 0) is 9.84 Å². The van der Waals surface area contributed by atoms with Crippen molar-refractivity contribution in [2.75, 3.05) is 12.9 Å². The van der Waals surface area contributed by atoms with Crippen LogP contribution in [0.15, 0.2) is 29.2 Å². The Balaban J connectivity index is 2.66. The van der Waals surface area contributed by atoms with Crippen LogP contribution in [0.3, 0.4) is 0 Å². The van der Waals surface area contributed by atoms with Gasteiger partial charge in [0.25, 0.3) is 0 Å². The first-order valence-electron chi connectivity index (χ1n) is 4.84. The van der Waals surface area contributed by atoms with Crippen LogP contribution in [-0.4, -0.2) is 21.3 Å². The summed E-state index contributed by atoms with van der Waals surface area (Å²) in [4.78, 5) is 0.241. The van der Waals surface area contributed by atoms with Crippen LogP contribution in [0.5, 0.6) is 5.75 Å². The fourth-order valence-electron chi connectivity index (χ4n) is 1.14. The third-order valence-corrected chi connectivity index (χ3v) is 3.05. The van der Waals surface area contributed by atoms with Crippen LogP contribution in [0.2, 0.25) is 0 Å². The Hall–Kier alpha value is -1.54. The molecule has 0 N–H and O–H groups in total. The van der Waals surface area contributed by atoms with Gasteiger partial charge in [0.2, 0.25) is 0 Å². The molecule has 0 amide bonds. The van der Waals surface area contributed by atoms with Gasteiger partial charge in [-0.25, -0.2) is 8.42 Å². The molecule has 0 unspecified atom stereocenters. The highest BCUT2D eigenvalue weighted by Gasteiger charge is 2.07. The van der Waals surface area contributed by atoms with E-state index in [9.17, 15) is 8.42 Å². The smallest absolute Gasteiger partial charge is 0.175 e. The maximum atomic E-state index is 11.3. The lowest BCUT2D eigenvalue weighted by Crippen LogP contribution is -2.00. The van der Waals surface area contributed by atoms with Gasteiger partial charge < -0.3 is 4.74 Å². The molecule has 0 saturated heterocycles. The van der Waals surface area contributed by atoms with Crippen molar-refractivity contribution in [3.05, 3.63) is 24.3 Å². The monoisotopic (exact) mass is 239 g/mol. The first-order chi connectivity index (χ1) is 7.54. The lowest BCUT2D eigenvalue weighted by atomic mass is 10.3. The number of unbranched alkanes of at least 4 members (excludes halogenated alkanes) is 1. The Labute approximate surface area is 95.4 Å². The van der Waals surface area contributed by atoms with Crippen molar-refractivity contribution in [2.24, 2.45) is 0 Å². The first-order valence-corrected chi connectivity index (χ1v) is 6.73. The maximum absolute atomic E-state index is 11.3. The van der Waals surface area contributed by atoms with Gasteiger partial charge in [-0.1, -0.05) is 6.07 Å². The van der Waals surface area contributed by atoms with E-state index in [2.05, 4.69) is 0 Å². The number of hydrogen-bond acceptors (Lipinski definition) is 4. The SMILES string of the molecule is CS(=O)(=O)c1cccc(OCCCC#N)c1. The summed E-state index contributed by atoms with van der Waals surface area (Å²) in [7, 11) is -3.19. The van der Waals surface area contributed by atoms with Gasteiger partial charge in [-0.05, 0) is 24.6 Å². The van der Waals surface area contributed by atoms with Crippen molar-refractivity contribution in [3.8, 4) is 11.8 Å². The van der Waals surface area contributed by atoms with Gasteiger partial charge >= 0.3 is 0 Å². The van der Waals surface area contributed by atoms with E-state index in [1.807, 2.05) is 6.07 Å².